The molecule has 3 nitrogen and oxygen atoms in total. The third-order valence-electron chi connectivity index (χ3n) is 3.54. The number of hydrogen-bond acceptors (Lipinski definition) is 3. The van der Waals surface area contributed by atoms with E-state index in [0.717, 1.165) is 38.7 Å². The average Bonchev–Trinajstić information content (AvgIpc) is 2.21. The normalized spacial score (nSPS) is 33.2. The highest BCUT2D eigenvalue weighted by Gasteiger charge is 2.37. The van der Waals surface area contributed by atoms with Crippen LogP contribution in [0.25, 0.3) is 0 Å². The highest BCUT2D eigenvalue weighted by Crippen LogP contribution is 2.39. The zero-order chi connectivity index (χ0) is 10.4. The van der Waals surface area contributed by atoms with E-state index < -0.39 is 0 Å². The Bertz CT molecular complexity index is 163. The first-order valence-electron chi connectivity index (χ1n) is 5.62. The monoisotopic (exact) mass is 201 g/mol. The molecule has 1 aliphatic rings. The first-order valence-corrected chi connectivity index (χ1v) is 5.62. The molecule has 84 valence electrons. The fraction of sp³-hybridized carbons (Fsp3) is 1.00. The van der Waals surface area contributed by atoms with Gasteiger partial charge in [-0.2, -0.15) is 0 Å². The molecule has 1 rings (SSSR count). The lowest BCUT2D eigenvalue weighted by atomic mass is 9.69. The Morgan fingerprint density at radius 2 is 2.29 bits per heavy atom. The molecule has 14 heavy (non-hydrogen) atoms. The number of aliphatic hydroxyl groups excluding tert-OH is 1. The molecule has 0 heterocycles. The van der Waals surface area contributed by atoms with Crippen molar-refractivity contribution < 1.29 is 9.84 Å². The molecule has 0 aromatic rings. The summed E-state index contributed by atoms with van der Waals surface area (Å²) in [6.45, 7) is 1.38. The smallest absolute Gasteiger partial charge is 0.0608 e. The van der Waals surface area contributed by atoms with Gasteiger partial charge >= 0.3 is 0 Å². The molecule has 1 saturated carbocycles. The number of ether oxygens (including phenoxy) is 1. The molecule has 0 aromatic heterocycles. The average molecular weight is 201 g/mol. The van der Waals surface area contributed by atoms with Gasteiger partial charge in [0.25, 0.3) is 0 Å². The van der Waals surface area contributed by atoms with Crippen molar-refractivity contribution >= 4 is 0 Å². The van der Waals surface area contributed by atoms with E-state index in [1.807, 2.05) is 0 Å². The number of nitrogens with two attached hydrogens (primary N) is 1. The molecule has 0 bridgehead atoms. The molecule has 0 amide bonds. The Morgan fingerprint density at radius 1 is 1.50 bits per heavy atom. The lowest BCUT2D eigenvalue weighted by Crippen LogP contribution is -2.44. The van der Waals surface area contributed by atoms with Crippen molar-refractivity contribution in [3.05, 3.63) is 0 Å². The maximum absolute atomic E-state index is 10.00. The van der Waals surface area contributed by atoms with Gasteiger partial charge in [-0.3, -0.25) is 0 Å². The minimum Gasteiger partial charge on any atom is -0.393 e. The van der Waals surface area contributed by atoms with Gasteiger partial charge < -0.3 is 15.6 Å². The van der Waals surface area contributed by atoms with Gasteiger partial charge in [0.2, 0.25) is 0 Å². The van der Waals surface area contributed by atoms with Gasteiger partial charge in [0.15, 0.2) is 0 Å². The summed E-state index contributed by atoms with van der Waals surface area (Å²) in [5.74, 6) is 0. The molecule has 0 aliphatic heterocycles. The Morgan fingerprint density at radius 3 is 2.86 bits per heavy atom. The van der Waals surface area contributed by atoms with E-state index >= 15 is 0 Å². The largest absolute Gasteiger partial charge is 0.393 e. The van der Waals surface area contributed by atoms with Crippen LogP contribution in [0.2, 0.25) is 0 Å². The first-order chi connectivity index (χ1) is 6.75. The van der Waals surface area contributed by atoms with Crippen LogP contribution in [0.3, 0.4) is 0 Å². The minimum absolute atomic E-state index is 0.0171. The summed E-state index contributed by atoms with van der Waals surface area (Å²) < 4.78 is 5.04. The number of hydrogen-bond donors (Lipinski definition) is 2. The fourth-order valence-corrected chi connectivity index (χ4v) is 2.49. The molecule has 1 aliphatic carbocycles. The van der Waals surface area contributed by atoms with Crippen LogP contribution in [-0.4, -0.2) is 31.5 Å². The van der Waals surface area contributed by atoms with Crippen LogP contribution >= 0.6 is 0 Å². The Balaban J connectivity index is 2.45. The van der Waals surface area contributed by atoms with E-state index in [2.05, 4.69) is 0 Å². The summed E-state index contributed by atoms with van der Waals surface area (Å²) in [6.07, 6.45) is 6.16. The van der Waals surface area contributed by atoms with E-state index in [1.54, 1.807) is 7.11 Å². The second-order valence-corrected chi connectivity index (χ2v) is 4.42. The predicted octanol–water partition coefficient (Wildman–Crippen LogP) is 1.29. The summed E-state index contributed by atoms with van der Waals surface area (Å²) >= 11 is 0. The summed E-state index contributed by atoms with van der Waals surface area (Å²) in [6, 6.07) is 0. The van der Waals surface area contributed by atoms with E-state index in [4.69, 9.17) is 10.5 Å². The van der Waals surface area contributed by atoms with Gasteiger partial charge in [-0.15, -0.1) is 0 Å². The second kappa shape index (κ2) is 5.69. The quantitative estimate of drug-likeness (QED) is 0.659. The third kappa shape index (κ3) is 2.69. The highest BCUT2D eigenvalue weighted by atomic mass is 16.5. The van der Waals surface area contributed by atoms with E-state index in [-0.39, 0.29) is 11.5 Å². The van der Waals surface area contributed by atoms with Gasteiger partial charge in [0.05, 0.1) is 6.10 Å². The summed E-state index contributed by atoms with van der Waals surface area (Å²) in [4.78, 5) is 0. The number of rotatable bonds is 5. The van der Waals surface area contributed by atoms with Crippen molar-refractivity contribution in [3.63, 3.8) is 0 Å². The second-order valence-electron chi connectivity index (χ2n) is 4.42. The Labute approximate surface area is 86.6 Å². The molecule has 2 atom stereocenters. The maximum Gasteiger partial charge on any atom is 0.0608 e. The molecular weight excluding hydrogens is 178 g/mol. The van der Waals surface area contributed by atoms with E-state index in [9.17, 15) is 5.11 Å². The van der Waals surface area contributed by atoms with Crippen LogP contribution in [0.1, 0.15) is 38.5 Å². The molecular formula is C11H23NO2. The van der Waals surface area contributed by atoms with Crippen LogP contribution in [0.15, 0.2) is 0 Å². The lowest BCUT2D eigenvalue weighted by molar-refractivity contribution is -0.0164. The van der Waals surface area contributed by atoms with Gasteiger partial charge in [0, 0.05) is 25.7 Å². The zero-order valence-corrected chi connectivity index (χ0v) is 9.17. The zero-order valence-electron chi connectivity index (χ0n) is 9.17. The first kappa shape index (κ1) is 12.0. The molecule has 3 N–H and O–H groups in total. The van der Waals surface area contributed by atoms with Crippen molar-refractivity contribution in [2.75, 3.05) is 20.3 Å². The van der Waals surface area contributed by atoms with Gasteiger partial charge in [-0.1, -0.05) is 12.8 Å². The SMILES string of the molecule is COCCCC1(CN)CCCCC1O. The predicted molar refractivity (Wildman–Crippen MR) is 57.1 cm³/mol. The van der Waals surface area contributed by atoms with Crippen molar-refractivity contribution in [2.24, 2.45) is 11.1 Å². The Kier molecular flexibility index (Phi) is 4.85. The third-order valence-corrected chi connectivity index (χ3v) is 3.54. The summed E-state index contributed by atoms with van der Waals surface area (Å²) in [7, 11) is 1.71. The molecule has 0 spiro atoms. The molecule has 2 unspecified atom stereocenters. The molecule has 0 aromatic carbocycles. The van der Waals surface area contributed by atoms with Gasteiger partial charge in [-0.05, 0) is 25.7 Å². The standard InChI is InChI=1S/C11H23NO2/c1-14-8-4-7-11(9-12)6-3-2-5-10(11)13/h10,13H,2-9,12H2,1H3. The van der Waals surface area contributed by atoms with Crippen molar-refractivity contribution in [2.45, 2.75) is 44.6 Å². The molecule has 0 radical (unpaired) electrons. The van der Waals surface area contributed by atoms with E-state index in [1.165, 1.54) is 6.42 Å². The summed E-state index contributed by atoms with van der Waals surface area (Å²) in [5, 5.41) is 10.00. The lowest BCUT2D eigenvalue weighted by Gasteiger charge is -2.40. The van der Waals surface area contributed by atoms with Crippen molar-refractivity contribution in [1.29, 1.82) is 0 Å². The summed E-state index contributed by atoms with van der Waals surface area (Å²) in [5.41, 5.74) is 5.79. The van der Waals surface area contributed by atoms with Crippen molar-refractivity contribution in [1.82, 2.24) is 0 Å². The molecule has 3 heteroatoms. The van der Waals surface area contributed by atoms with Crippen molar-refractivity contribution in [3.8, 4) is 0 Å². The topological polar surface area (TPSA) is 55.5 Å². The van der Waals surface area contributed by atoms with Gasteiger partial charge in [0.1, 0.15) is 0 Å². The van der Waals surface area contributed by atoms with Gasteiger partial charge in [-0.25, -0.2) is 0 Å². The highest BCUT2D eigenvalue weighted by molar-refractivity contribution is 4.90. The van der Waals surface area contributed by atoms with Crippen LogP contribution in [0.5, 0.6) is 0 Å². The van der Waals surface area contributed by atoms with Crippen LogP contribution in [0.4, 0.5) is 0 Å². The maximum atomic E-state index is 10.00. The fourth-order valence-electron chi connectivity index (χ4n) is 2.49. The number of aliphatic hydroxyl groups is 1. The molecule has 0 saturated heterocycles. The van der Waals surface area contributed by atoms with Crippen LogP contribution < -0.4 is 5.73 Å². The minimum atomic E-state index is -0.196. The molecule has 1 fully saturated rings. The Hall–Kier alpha value is -0.120. The number of methoxy groups -OCH3 is 1. The van der Waals surface area contributed by atoms with Crippen LogP contribution in [0, 0.1) is 5.41 Å². The van der Waals surface area contributed by atoms with E-state index in [0.29, 0.717) is 6.54 Å². The van der Waals surface area contributed by atoms with Crippen LogP contribution in [-0.2, 0) is 4.74 Å².